The molecule has 1 amide bonds. The first kappa shape index (κ1) is 15.6. The summed E-state index contributed by atoms with van der Waals surface area (Å²) in [5, 5.41) is 13.3. The Morgan fingerprint density at radius 1 is 1.33 bits per heavy atom. The zero-order chi connectivity index (χ0) is 15.5. The van der Waals surface area contributed by atoms with Gasteiger partial charge in [0.25, 0.3) is 5.91 Å². The number of nitrogen functional groups attached to an aromatic ring is 1. The van der Waals surface area contributed by atoms with Gasteiger partial charge in [-0.1, -0.05) is 19.3 Å². The van der Waals surface area contributed by atoms with Crippen LogP contribution in [0.1, 0.15) is 42.5 Å². The van der Waals surface area contributed by atoms with Crippen LogP contribution in [-0.2, 0) is 0 Å². The van der Waals surface area contributed by atoms with Crippen LogP contribution < -0.4 is 16.0 Å². The summed E-state index contributed by atoms with van der Waals surface area (Å²) in [6, 6.07) is 5.29. The van der Waals surface area contributed by atoms with Crippen molar-refractivity contribution in [3.63, 3.8) is 0 Å². The molecule has 0 radical (unpaired) electrons. The number of nitrogens with zero attached hydrogens (tertiary/aromatic N) is 1. The zero-order valence-electron chi connectivity index (χ0n) is 12.9. The largest absolute Gasteiger partial charge is 0.399 e. The van der Waals surface area contributed by atoms with Gasteiger partial charge in [0.2, 0.25) is 0 Å². The van der Waals surface area contributed by atoms with E-state index in [0.29, 0.717) is 17.8 Å². The second-order valence-electron chi connectivity index (χ2n) is 6.14. The van der Waals surface area contributed by atoms with Crippen molar-refractivity contribution >= 4 is 17.3 Å². The van der Waals surface area contributed by atoms with Crippen LogP contribution in [0.3, 0.4) is 0 Å². The van der Waals surface area contributed by atoms with Gasteiger partial charge in [0.1, 0.15) is 0 Å². The van der Waals surface area contributed by atoms with Crippen molar-refractivity contribution in [3.05, 3.63) is 23.8 Å². The first-order valence-corrected chi connectivity index (χ1v) is 7.49. The summed E-state index contributed by atoms with van der Waals surface area (Å²) in [5.74, 6) is -0.190. The van der Waals surface area contributed by atoms with E-state index >= 15 is 0 Å². The van der Waals surface area contributed by atoms with Crippen LogP contribution in [0.15, 0.2) is 18.2 Å². The third-order valence-electron chi connectivity index (χ3n) is 4.11. The molecule has 2 rings (SSSR count). The molecule has 4 N–H and O–H groups in total. The molecule has 0 bridgehead atoms. The average molecular weight is 291 g/mol. The molecule has 21 heavy (non-hydrogen) atoms. The predicted molar refractivity (Wildman–Crippen MR) is 85.5 cm³/mol. The zero-order valence-corrected chi connectivity index (χ0v) is 12.9. The summed E-state index contributed by atoms with van der Waals surface area (Å²) >= 11 is 0. The molecule has 116 valence electrons. The molecule has 0 atom stereocenters. The molecule has 0 heterocycles. The monoisotopic (exact) mass is 291 g/mol. The highest BCUT2D eigenvalue weighted by molar-refractivity contribution is 6.00. The lowest BCUT2D eigenvalue weighted by atomic mass is 9.85. The first-order valence-electron chi connectivity index (χ1n) is 7.49. The Bertz CT molecular complexity index is 508. The first-order chi connectivity index (χ1) is 9.91. The number of anilines is 2. The number of nitrogens with one attached hydrogen (secondary N) is 1. The van der Waals surface area contributed by atoms with Crippen LogP contribution in [0, 0.1) is 0 Å². The lowest BCUT2D eigenvalue weighted by molar-refractivity contribution is 0.00526. The van der Waals surface area contributed by atoms with E-state index in [1.807, 2.05) is 25.1 Å². The number of hydrogen-bond donors (Lipinski definition) is 3. The van der Waals surface area contributed by atoms with Crippen molar-refractivity contribution in [2.75, 3.05) is 31.3 Å². The molecule has 0 spiro atoms. The number of amides is 1. The maximum Gasteiger partial charge on any atom is 0.253 e. The molecule has 1 aromatic rings. The summed E-state index contributed by atoms with van der Waals surface area (Å²) in [6.45, 7) is 0.299. The number of hydrogen-bond acceptors (Lipinski definition) is 4. The van der Waals surface area contributed by atoms with Crippen molar-refractivity contribution in [1.29, 1.82) is 0 Å². The Morgan fingerprint density at radius 2 is 2.00 bits per heavy atom. The van der Waals surface area contributed by atoms with Gasteiger partial charge in [-0.3, -0.25) is 4.79 Å². The lowest BCUT2D eigenvalue weighted by Crippen LogP contribution is -2.44. The summed E-state index contributed by atoms with van der Waals surface area (Å²) in [5.41, 5.74) is 6.94. The van der Waals surface area contributed by atoms with Gasteiger partial charge in [-0.2, -0.15) is 0 Å². The van der Waals surface area contributed by atoms with E-state index in [2.05, 4.69) is 5.32 Å². The third kappa shape index (κ3) is 3.88. The van der Waals surface area contributed by atoms with Gasteiger partial charge < -0.3 is 21.1 Å². The third-order valence-corrected chi connectivity index (χ3v) is 4.11. The maximum absolute atomic E-state index is 12.4. The second-order valence-corrected chi connectivity index (χ2v) is 6.14. The van der Waals surface area contributed by atoms with Gasteiger partial charge in [0.05, 0.1) is 11.2 Å². The van der Waals surface area contributed by atoms with E-state index in [4.69, 9.17) is 5.73 Å². The van der Waals surface area contributed by atoms with E-state index < -0.39 is 5.60 Å². The summed E-state index contributed by atoms with van der Waals surface area (Å²) < 4.78 is 0. The highest BCUT2D eigenvalue weighted by Crippen LogP contribution is 2.27. The number of carbonyl (C=O) groups excluding carboxylic acids is 1. The maximum atomic E-state index is 12.4. The van der Waals surface area contributed by atoms with Gasteiger partial charge in [0, 0.05) is 32.0 Å². The summed E-state index contributed by atoms with van der Waals surface area (Å²) in [4.78, 5) is 14.3. The van der Waals surface area contributed by atoms with Crippen LogP contribution in [0.2, 0.25) is 0 Å². The van der Waals surface area contributed by atoms with Gasteiger partial charge >= 0.3 is 0 Å². The van der Waals surface area contributed by atoms with Crippen molar-refractivity contribution in [2.45, 2.75) is 37.7 Å². The van der Waals surface area contributed by atoms with E-state index in [-0.39, 0.29) is 5.91 Å². The van der Waals surface area contributed by atoms with Gasteiger partial charge in [-0.25, -0.2) is 0 Å². The molecular formula is C16H25N3O2. The summed E-state index contributed by atoms with van der Waals surface area (Å²) in [7, 11) is 3.77. The van der Waals surface area contributed by atoms with Crippen molar-refractivity contribution in [1.82, 2.24) is 5.32 Å². The predicted octanol–water partition coefficient (Wildman–Crippen LogP) is 1.76. The molecule has 5 heteroatoms. The molecule has 1 aliphatic carbocycles. The fourth-order valence-corrected chi connectivity index (χ4v) is 2.85. The summed E-state index contributed by atoms with van der Waals surface area (Å²) in [6.07, 6.45) is 4.72. The minimum absolute atomic E-state index is 0.190. The number of benzene rings is 1. The Labute approximate surface area is 126 Å². The lowest BCUT2D eigenvalue weighted by Gasteiger charge is -2.32. The molecule has 1 aromatic carbocycles. The molecule has 0 unspecified atom stereocenters. The molecule has 0 saturated heterocycles. The number of aliphatic hydroxyl groups is 1. The molecule has 0 aliphatic heterocycles. The van der Waals surface area contributed by atoms with Gasteiger partial charge in [0.15, 0.2) is 0 Å². The van der Waals surface area contributed by atoms with Crippen molar-refractivity contribution in [3.8, 4) is 0 Å². The van der Waals surface area contributed by atoms with Crippen LogP contribution in [0.4, 0.5) is 11.4 Å². The molecule has 1 saturated carbocycles. The Morgan fingerprint density at radius 3 is 2.62 bits per heavy atom. The average Bonchev–Trinajstić information content (AvgIpc) is 2.45. The fraction of sp³-hybridized carbons (Fsp3) is 0.562. The fourth-order valence-electron chi connectivity index (χ4n) is 2.85. The van der Waals surface area contributed by atoms with Crippen LogP contribution in [0.5, 0.6) is 0 Å². The van der Waals surface area contributed by atoms with Crippen molar-refractivity contribution < 1.29 is 9.90 Å². The molecule has 0 aromatic heterocycles. The Hall–Kier alpha value is -1.75. The second kappa shape index (κ2) is 6.35. The minimum Gasteiger partial charge on any atom is -0.399 e. The standard InChI is InChI=1S/C16H25N3O2/c1-19(2)14-7-6-12(17)10-13(14)15(20)18-11-16(21)8-4-3-5-9-16/h6-7,10,21H,3-5,8-9,11,17H2,1-2H3,(H,18,20). The van der Waals surface area contributed by atoms with Gasteiger partial charge in [-0.15, -0.1) is 0 Å². The van der Waals surface area contributed by atoms with Crippen LogP contribution >= 0.6 is 0 Å². The molecule has 1 aliphatic rings. The van der Waals surface area contributed by atoms with Crippen LogP contribution in [0.25, 0.3) is 0 Å². The number of carbonyl (C=O) groups is 1. The SMILES string of the molecule is CN(C)c1ccc(N)cc1C(=O)NCC1(O)CCCCC1. The number of rotatable bonds is 4. The topological polar surface area (TPSA) is 78.6 Å². The molecule has 5 nitrogen and oxygen atoms in total. The number of nitrogens with two attached hydrogens (primary N) is 1. The van der Waals surface area contributed by atoms with Crippen LogP contribution in [-0.4, -0.2) is 37.3 Å². The van der Waals surface area contributed by atoms with E-state index in [1.54, 1.807) is 12.1 Å². The quantitative estimate of drug-likeness (QED) is 0.739. The molecular weight excluding hydrogens is 266 g/mol. The Balaban J connectivity index is 2.08. The minimum atomic E-state index is -0.757. The highest BCUT2D eigenvalue weighted by atomic mass is 16.3. The van der Waals surface area contributed by atoms with E-state index in [9.17, 15) is 9.90 Å². The van der Waals surface area contributed by atoms with E-state index in [0.717, 1.165) is 37.8 Å². The van der Waals surface area contributed by atoms with Gasteiger partial charge in [-0.05, 0) is 31.0 Å². The molecule has 1 fully saturated rings. The highest BCUT2D eigenvalue weighted by Gasteiger charge is 2.29. The smallest absolute Gasteiger partial charge is 0.253 e. The van der Waals surface area contributed by atoms with Crippen molar-refractivity contribution in [2.24, 2.45) is 0 Å². The van der Waals surface area contributed by atoms with E-state index in [1.165, 1.54) is 0 Å². The Kier molecular flexibility index (Phi) is 4.73. The normalized spacial score (nSPS) is 17.3.